The van der Waals surface area contributed by atoms with Crippen molar-refractivity contribution < 1.29 is 17.5 Å². The number of benzene rings is 1. The van der Waals surface area contributed by atoms with Crippen molar-refractivity contribution >= 4 is 21.7 Å². The molecule has 1 saturated heterocycles. The van der Waals surface area contributed by atoms with Gasteiger partial charge in [0.15, 0.2) is 0 Å². The van der Waals surface area contributed by atoms with Crippen molar-refractivity contribution in [1.29, 1.82) is 0 Å². The summed E-state index contributed by atoms with van der Waals surface area (Å²) in [6.07, 6.45) is 5.01. The highest BCUT2D eigenvalue weighted by Gasteiger charge is 2.33. The Kier molecular flexibility index (Phi) is 6.66. The van der Waals surface area contributed by atoms with E-state index in [1.165, 1.54) is 23.5 Å². The number of methoxy groups -OCH3 is 1. The lowest BCUT2D eigenvalue weighted by Gasteiger charge is -2.33. The molecule has 192 valence electrons. The highest BCUT2D eigenvalue weighted by atomic mass is 32.2. The third kappa shape index (κ3) is 4.93. The Morgan fingerprint density at radius 2 is 1.92 bits per heavy atom. The number of nitrogens with one attached hydrogen (secondary N) is 2. The van der Waals surface area contributed by atoms with E-state index in [0.29, 0.717) is 41.8 Å². The molecule has 2 N–H and O–H groups in total. The second-order valence-corrected chi connectivity index (χ2v) is 11.3. The fourth-order valence-electron chi connectivity index (χ4n) is 4.65. The zero-order valence-corrected chi connectivity index (χ0v) is 21.3. The maximum absolute atomic E-state index is 14.6. The summed E-state index contributed by atoms with van der Waals surface area (Å²) in [5, 5.41) is 9.68. The summed E-state index contributed by atoms with van der Waals surface area (Å²) in [5.74, 6) is 0.367. The van der Waals surface area contributed by atoms with Gasteiger partial charge in [0.2, 0.25) is 11.8 Å². The van der Waals surface area contributed by atoms with Crippen molar-refractivity contribution in [2.75, 3.05) is 39.6 Å². The van der Waals surface area contributed by atoms with Crippen LogP contribution in [0.2, 0.25) is 0 Å². The monoisotopic (exact) mass is 515 g/mol. The standard InChI is InChI=1S/C24H30FN7O3S/c1-31(2)18-7-10-32(11-8-18)36(33,34)24-28-23(29-30-24)27-22-19(15-4-5-15)13-17(25)14-20(22)16-6-9-26-21(12-16)35-3/h6,9,12-15,18H,4-5,7-8,10-11H2,1-3H3,(H2,27,28,29,30). The Morgan fingerprint density at radius 3 is 2.58 bits per heavy atom. The molecule has 3 aromatic rings. The van der Waals surface area contributed by atoms with E-state index in [0.717, 1.165) is 31.2 Å². The number of pyridine rings is 1. The third-order valence-corrected chi connectivity index (χ3v) is 8.56. The fourth-order valence-corrected chi connectivity index (χ4v) is 5.95. The summed E-state index contributed by atoms with van der Waals surface area (Å²) < 4.78 is 47.7. The van der Waals surface area contributed by atoms with Crippen LogP contribution in [0.25, 0.3) is 11.1 Å². The van der Waals surface area contributed by atoms with Gasteiger partial charge in [-0.05, 0) is 75.0 Å². The number of rotatable bonds is 8. The van der Waals surface area contributed by atoms with E-state index in [1.807, 2.05) is 14.1 Å². The number of H-pyrrole nitrogens is 1. The van der Waals surface area contributed by atoms with Gasteiger partial charge in [0.25, 0.3) is 15.2 Å². The molecule has 0 amide bonds. The summed E-state index contributed by atoms with van der Waals surface area (Å²) >= 11 is 0. The van der Waals surface area contributed by atoms with Crippen LogP contribution in [-0.4, -0.2) is 78.1 Å². The molecule has 10 nitrogen and oxygen atoms in total. The second-order valence-electron chi connectivity index (χ2n) is 9.47. The molecule has 1 saturated carbocycles. The number of halogens is 1. The van der Waals surface area contributed by atoms with Crippen molar-refractivity contribution in [3.8, 4) is 17.0 Å². The predicted molar refractivity (Wildman–Crippen MR) is 133 cm³/mol. The van der Waals surface area contributed by atoms with Crippen LogP contribution in [0.4, 0.5) is 16.0 Å². The number of aromatic nitrogens is 4. The maximum atomic E-state index is 14.6. The van der Waals surface area contributed by atoms with Crippen LogP contribution in [-0.2, 0) is 10.0 Å². The Bertz CT molecular complexity index is 1350. The van der Waals surface area contributed by atoms with Crippen LogP contribution in [0.15, 0.2) is 35.6 Å². The van der Waals surface area contributed by atoms with Gasteiger partial charge in [0, 0.05) is 37.0 Å². The maximum Gasteiger partial charge on any atom is 0.278 e. The van der Waals surface area contributed by atoms with E-state index < -0.39 is 10.0 Å². The van der Waals surface area contributed by atoms with Crippen LogP contribution in [0.5, 0.6) is 5.88 Å². The number of hydrogen-bond donors (Lipinski definition) is 2. The van der Waals surface area contributed by atoms with Crippen molar-refractivity contribution in [1.82, 2.24) is 29.4 Å². The molecule has 5 rings (SSSR count). The predicted octanol–water partition coefficient (Wildman–Crippen LogP) is 3.35. The second kappa shape index (κ2) is 9.75. The lowest BCUT2D eigenvalue weighted by Crippen LogP contribution is -2.44. The van der Waals surface area contributed by atoms with Gasteiger partial charge < -0.3 is 15.0 Å². The third-order valence-electron chi connectivity index (χ3n) is 6.85. The van der Waals surface area contributed by atoms with Crippen LogP contribution in [0, 0.1) is 5.82 Å². The number of anilines is 2. The van der Waals surface area contributed by atoms with E-state index in [4.69, 9.17) is 4.74 Å². The van der Waals surface area contributed by atoms with Gasteiger partial charge in [-0.1, -0.05) is 0 Å². The average Bonchev–Trinajstić information content (AvgIpc) is 3.62. The van der Waals surface area contributed by atoms with E-state index >= 15 is 0 Å². The number of hydrogen-bond acceptors (Lipinski definition) is 8. The topological polar surface area (TPSA) is 116 Å². The zero-order chi connectivity index (χ0) is 25.4. The molecule has 0 unspecified atom stereocenters. The van der Waals surface area contributed by atoms with Gasteiger partial charge in [-0.25, -0.2) is 22.9 Å². The molecule has 1 aliphatic carbocycles. The summed E-state index contributed by atoms with van der Waals surface area (Å²) in [5.41, 5.74) is 2.75. The van der Waals surface area contributed by atoms with Crippen LogP contribution >= 0.6 is 0 Å². The SMILES string of the molecule is COc1cc(-c2cc(F)cc(C3CC3)c2Nc2n[nH]c(S(=O)(=O)N3CCC(N(C)C)CC3)n2)ccn1. The van der Waals surface area contributed by atoms with Crippen LogP contribution < -0.4 is 10.1 Å². The minimum absolute atomic E-state index is 0.104. The average molecular weight is 516 g/mol. The highest BCUT2D eigenvalue weighted by Crippen LogP contribution is 2.47. The first kappa shape index (κ1) is 24.6. The largest absolute Gasteiger partial charge is 0.481 e. The van der Waals surface area contributed by atoms with E-state index in [9.17, 15) is 12.8 Å². The van der Waals surface area contributed by atoms with E-state index in [2.05, 4.69) is 30.4 Å². The Balaban J connectivity index is 1.45. The summed E-state index contributed by atoms with van der Waals surface area (Å²) in [7, 11) is 1.71. The molecular weight excluding hydrogens is 485 g/mol. The lowest BCUT2D eigenvalue weighted by atomic mass is 9.98. The van der Waals surface area contributed by atoms with Crippen molar-refractivity contribution in [2.45, 2.75) is 42.8 Å². The van der Waals surface area contributed by atoms with Crippen molar-refractivity contribution in [2.24, 2.45) is 0 Å². The summed E-state index contributed by atoms with van der Waals surface area (Å²) in [6, 6.07) is 6.79. The first-order chi connectivity index (χ1) is 17.3. The Hall–Kier alpha value is -3.09. The summed E-state index contributed by atoms with van der Waals surface area (Å²) in [6.45, 7) is 0.846. The lowest BCUT2D eigenvalue weighted by molar-refractivity contribution is 0.196. The number of sulfonamides is 1. The van der Waals surface area contributed by atoms with Gasteiger partial charge in [-0.2, -0.15) is 9.29 Å². The molecule has 2 aromatic heterocycles. The number of aromatic amines is 1. The van der Waals surface area contributed by atoms with Gasteiger partial charge in [-0.3, -0.25) is 0 Å². The van der Waals surface area contributed by atoms with Crippen LogP contribution in [0.1, 0.15) is 37.2 Å². The molecule has 1 aliphatic heterocycles. The number of ether oxygens (including phenoxy) is 1. The highest BCUT2D eigenvalue weighted by molar-refractivity contribution is 7.88. The zero-order valence-electron chi connectivity index (χ0n) is 20.5. The molecule has 0 radical (unpaired) electrons. The van der Waals surface area contributed by atoms with E-state index in [-0.39, 0.29) is 22.8 Å². The molecule has 2 aliphatic rings. The fraction of sp³-hybridized carbons (Fsp3) is 0.458. The smallest absolute Gasteiger partial charge is 0.278 e. The summed E-state index contributed by atoms with van der Waals surface area (Å²) in [4.78, 5) is 10.5. The Morgan fingerprint density at radius 1 is 1.17 bits per heavy atom. The molecule has 2 fully saturated rings. The molecule has 12 heteroatoms. The number of piperidine rings is 1. The molecule has 36 heavy (non-hydrogen) atoms. The van der Waals surface area contributed by atoms with Crippen LogP contribution in [0.3, 0.4) is 0 Å². The van der Waals surface area contributed by atoms with Gasteiger partial charge in [-0.15, -0.1) is 5.10 Å². The molecule has 0 atom stereocenters. The van der Waals surface area contributed by atoms with Crippen molar-refractivity contribution in [3.05, 3.63) is 41.8 Å². The van der Waals surface area contributed by atoms with Crippen molar-refractivity contribution in [3.63, 3.8) is 0 Å². The quantitative estimate of drug-likeness (QED) is 0.469. The molecular formula is C24H30FN7O3S. The normalized spacial score (nSPS) is 17.5. The van der Waals surface area contributed by atoms with Gasteiger partial charge in [0.05, 0.1) is 12.8 Å². The number of nitrogens with zero attached hydrogens (tertiary/aromatic N) is 5. The Labute approximate surface area is 209 Å². The molecule has 0 spiro atoms. The minimum Gasteiger partial charge on any atom is -0.481 e. The van der Waals surface area contributed by atoms with E-state index in [1.54, 1.807) is 18.3 Å². The first-order valence-electron chi connectivity index (χ1n) is 12.0. The molecule has 3 heterocycles. The molecule has 1 aromatic carbocycles. The molecule has 0 bridgehead atoms. The van der Waals surface area contributed by atoms with Gasteiger partial charge >= 0.3 is 0 Å². The van der Waals surface area contributed by atoms with Gasteiger partial charge in [0.1, 0.15) is 5.82 Å². The first-order valence-corrected chi connectivity index (χ1v) is 13.4. The minimum atomic E-state index is -3.81.